The molecule has 2 aromatic rings. The molecule has 2 atom stereocenters. The Labute approximate surface area is 146 Å². The molecular formula is C19H22N4O2. The van der Waals surface area contributed by atoms with Gasteiger partial charge in [0, 0.05) is 30.7 Å². The third kappa shape index (κ3) is 3.43. The van der Waals surface area contributed by atoms with Crippen LogP contribution in [0, 0.1) is 5.92 Å². The standard InChI is InChI=1S/C19H22N4O2/c24-18-20-8-3-9-22(18)12-14-4-1-6-16(10-14)21-19(25)23-13-15-5-2-7-17(23)11-15/h1,3-4,6,8-10,15,17H,2,5,7,11-13H2,(H,21,25). The van der Waals surface area contributed by atoms with Gasteiger partial charge in [-0.2, -0.15) is 0 Å². The first-order valence-electron chi connectivity index (χ1n) is 8.87. The van der Waals surface area contributed by atoms with Gasteiger partial charge in [-0.3, -0.25) is 4.57 Å². The van der Waals surface area contributed by atoms with Crippen LogP contribution >= 0.6 is 0 Å². The van der Waals surface area contributed by atoms with Crippen LogP contribution in [-0.2, 0) is 6.54 Å². The van der Waals surface area contributed by atoms with E-state index in [0.717, 1.165) is 30.6 Å². The van der Waals surface area contributed by atoms with E-state index in [2.05, 4.69) is 10.3 Å². The summed E-state index contributed by atoms with van der Waals surface area (Å²) < 4.78 is 1.55. The molecule has 2 bridgehead atoms. The van der Waals surface area contributed by atoms with Crippen molar-refractivity contribution in [2.24, 2.45) is 5.92 Å². The highest BCUT2D eigenvalue weighted by molar-refractivity contribution is 5.89. The Hall–Kier alpha value is -2.63. The summed E-state index contributed by atoms with van der Waals surface area (Å²) in [5, 5.41) is 3.02. The van der Waals surface area contributed by atoms with Crippen molar-refractivity contribution in [1.82, 2.24) is 14.5 Å². The van der Waals surface area contributed by atoms with Crippen LogP contribution < -0.4 is 11.0 Å². The molecule has 2 unspecified atom stereocenters. The van der Waals surface area contributed by atoms with E-state index in [1.54, 1.807) is 16.8 Å². The zero-order valence-electron chi connectivity index (χ0n) is 14.1. The van der Waals surface area contributed by atoms with Crippen molar-refractivity contribution in [3.05, 3.63) is 58.8 Å². The number of benzene rings is 1. The third-order valence-corrected chi connectivity index (χ3v) is 5.23. The minimum atomic E-state index is -0.277. The SMILES string of the molecule is O=C(Nc1cccc(Cn2cccnc2=O)c1)N1CC2CCCC1C2. The Morgan fingerprint density at radius 2 is 2.20 bits per heavy atom. The zero-order chi connectivity index (χ0) is 17.2. The minimum Gasteiger partial charge on any atom is -0.321 e. The highest BCUT2D eigenvalue weighted by atomic mass is 16.2. The maximum Gasteiger partial charge on any atom is 0.347 e. The van der Waals surface area contributed by atoms with Gasteiger partial charge in [0.25, 0.3) is 0 Å². The van der Waals surface area contributed by atoms with Crippen molar-refractivity contribution in [3.8, 4) is 0 Å². The van der Waals surface area contributed by atoms with Crippen LogP contribution in [0.3, 0.4) is 0 Å². The molecule has 1 aromatic carbocycles. The second kappa shape index (κ2) is 6.70. The number of nitrogens with zero attached hydrogens (tertiary/aromatic N) is 3. The first-order chi connectivity index (χ1) is 12.2. The summed E-state index contributed by atoms with van der Waals surface area (Å²) in [6, 6.07) is 9.77. The number of hydrogen-bond donors (Lipinski definition) is 1. The van der Waals surface area contributed by atoms with Gasteiger partial charge in [0.05, 0.1) is 6.54 Å². The molecule has 1 aliphatic heterocycles. The fraction of sp³-hybridized carbons (Fsp3) is 0.421. The Bertz CT molecular complexity index is 832. The Morgan fingerprint density at radius 1 is 1.28 bits per heavy atom. The van der Waals surface area contributed by atoms with E-state index < -0.39 is 0 Å². The van der Waals surface area contributed by atoms with Crippen molar-refractivity contribution >= 4 is 11.7 Å². The molecule has 2 fully saturated rings. The average molecular weight is 338 g/mol. The van der Waals surface area contributed by atoms with Crippen LogP contribution in [-0.4, -0.2) is 33.1 Å². The van der Waals surface area contributed by atoms with Gasteiger partial charge in [-0.25, -0.2) is 14.6 Å². The molecule has 1 aromatic heterocycles. The second-order valence-electron chi connectivity index (χ2n) is 7.00. The molecule has 1 saturated heterocycles. The number of urea groups is 1. The molecule has 130 valence electrons. The first-order valence-corrected chi connectivity index (χ1v) is 8.87. The van der Waals surface area contributed by atoms with Crippen molar-refractivity contribution < 1.29 is 4.79 Å². The molecule has 1 N–H and O–H groups in total. The highest BCUT2D eigenvalue weighted by Crippen LogP contribution is 2.35. The van der Waals surface area contributed by atoms with Crippen molar-refractivity contribution in [2.75, 3.05) is 11.9 Å². The average Bonchev–Trinajstić information content (AvgIpc) is 2.91. The summed E-state index contributed by atoms with van der Waals surface area (Å²) in [5.74, 6) is 0.674. The topological polar surface area (TPSA) is 67.2 Å². The first kappa shape index (κ1) is 15.9. The summed E-state index contributed by atoms with van der Waals surface area (Å²) in [7, 11) is 0. The lowest BCUT2D eigenvalue weighted by atomic mass is 9.91. The maximum absolute atomic E-state index is 12.6. The lowest BCUT2D eigenvalue weighted by Crippen LogP contribution is -2.38. The predicted molar refractivity (Wildman–Crippen MR) is 95.5 cm³/mol. The van der Waals surface area contributed by atoms with Crippen LogP contribution in [0.4, 0.5) is 10.5 Å². The number of carbonyl (C=O) groups excluding carboxylic acids is 1. The largest absolute Gasteiger partial charge is 0.347 e. The third-order valence-electron chi connectivity index (χ3n) is 5.23. The van der Waals surface area contributed by atoms with Gasteiger partial charge in [0.1, 0.15) is 0 Å². The molecule has 4 rings (SSSR count). The van der Waals surface area contributed by atoms with Crippen LogP contribution in [0.2, 0.25) is 0 Å². The summed E-state index contributed by atoms with van der Waals surface area (Å²) in [5.41, 5.74) is 1.44. The van der Waals surface area contributed by atoms with Crippen LogP contribution in [0.5, 0.6) is 0 Å². The number of fused-ring (bicyclic) bond motifs is 2. The Morgan fingerprint density at radius 3 is 3.04 bits per heavy atom. The molecule has 2 amide bonds. The van der Waals surface area contributed by atoms with Gasteiger partial charge < -0.3 is 10.2 Å². The van der Waals surface area contributed by atoms with Gasteiger partial charge >= 0.3 is 11.7 Å². The molecule has 6 nitrogen and oxygen atoms in total. The highest BCUT2D eigenvalue weighted by Gasteiger charge is 2.37. The predicted octanol–water partition coefficient (Wildman–Crippen LogP) is 2.70. The quantitative estimate of drug-likeness (QED) is 0.936. The van der Waals surface area contributed by atoms with Crippen LogP contribution in [0.15, 0.2) is 47.5 Å². The van der Waals surface area contributed by atoms with Gasteiger partial charge in [-0.05, 0) is 48.9 Å². The van der Waals surface area contributed by atoms with E-state index in [1.165, 1.54) is 19.0 Å². The van der Waals surface area contributed by atoms with Crippen molar-refractivity contribution in [2.45, 2.75) is 38.3 Å². The van der Waals surface area contributed by atoms with Crippen LogP contribution in [0.1, 0.15) is 31.2 Å². The van der Waals surface area contributed by atoms with E-state index in [4.69, 9.17) is 0 Å². The summed E-state index contributed by atoms with van der Waals surface area (Å²) >= 11 is 0. The van der Waals surface area contributed by atoms with Crippen molar-refractivity contribution in [3.63, 3.8) is 0 Å². The number of nitrogens with one attached hydrogen (secondary N) is 1. The number of anilines is 1. The molecule has 0 spiro atoms. The number of carbonyl (C=O) groups is 1. The molecule has 1 aliphatic carbocycles. The molecule has 2 heterocycles. The summed E-state index contributed by atoms with van der Waals surface area (Å²) in [6.07, 6.45) is 7.95. The van der Waals surface area contributed by atoms with Crippen molar-refractivity contribution in [1.29, 1.82) is 0 Å². The molecule has 2 aliphatic rings. The summed E-state index contributed by atoms with van der Waals surface area (Å²) in [4.78, 5) is 30.1. The van der Waals surface area contributed by atoms with E-state index in [0.29, 0.717) is 18.5 Å². The van der Waals surface area contributed by atoms with E-state index >= 15 is 0 Å². The van der Waals surface area contributed by atoms with E-state index in [-0.39, 0.29) is 11.7 Å². The molecule has 25 heavy (non-hydrogen) atoms. The number of hydrogen-bond acceptors (Lipinski definition) is 3. The lowest BCUT2D eigenvalue weighted by molar-refractivity contribution is 0.204. The fourth-order valence-electron chi connectivity index (χ4n) is 4.03. The van der Waals surface area contributed by atoms with Gasteiger partial charge in [0.15, 0.2) is 0 Å². The van der Waals surface area contributed by atoms with Gasteiger partial charge in [0.2, 0.25) is 0 Å². The van der Waals surface area contributed by atoms with E-state index in [9.17, 15) is 9.59 Å². The second-order valence-corrected chi connectivity index (χ2v) is 7.00. The number of amides is 2. The maximum atomic E-state index is 12.6. The molecular weight excluding hydrogens is 316 g/mol. The normalized spacial score (nSPS) is 22.0. The van der Waals surface area contributed by atoms with Gasteiger partial charge in [-0.15, -0.1) is 0 Å². The smallest absolute Gasteiger partial charge is 0.321 e. The Balaban J connectivity index is 1.45. The summed E-state index contributed by atoms with van der Waals surface area (Å²) in [6.45, 7) is 1.31. The fourth-order valence-corrected chi connectivity index (χ4v) is 4.03. The Kier molecular flexibility index (Phi) is 4.26. The zero-order valence-corrected chi connectivity index (χ0v) is 14.1. The number of aromatic nitrogens is 2. The minimum absolute atomic E-state index is 0.00917. The molecule has 1 saturated carbocycles. The van der Waals surface area contributed by atoms with E-state index in [1.807, 2.05) is 29.2 Å². The number of rotatable bonds is 3. The lowest BCUT2D eigenvalue weighted by Gasteiger charge is -2.24. The number of likely N-dealkylation sites (tertiary alicyclic amines) is 1. The monoisotopic (exact) mass is 338 g/mol. The van der Waals surface area contributed by atoms with Gasteiger partial charge in [-0.1, -0.05) is 18.6 Å². The molecule has 6 heteroatoms. The molecule has 0 radical (unpaired) electrons. The van der Waals surface area contributed by atoms with Crippen LogP contribution in [0.25, 0.3) is 0 Å².